The maximum Gasteiger partial charge on any atom is 0.420 e. The van der Waals surface area contributed by atoms with Crippen LogP contribution in [0, 0.1) is 6.92 Å². The number of nitrogens with one attached hydrogen (secondary N) is 2. The predicted molar refractivity (Wildman–Crippen MR) is 127 cm³/mol. The van der Waals surface area contributed by atoms with Crippen LogP contribution >= 0.6 is 0 Å². The van der Waals surface area contributed by atoms with Gasteiger partial charge in [0, 0.05) is 30.5 Å². The van der Waals surface area contributed by atoms with Gasteiger partial charge in [-0.2, -0.15) is 0 Å². The number of aryl methyl sites for hydroxylation is 1. The first kappa shape index (κ1) is 20.7. The van der Waals surface area contributed by atoms with Crippen molar-refractivity contribution < 1.29 is 9.21 Å². The Balaban J connectivity index is 1.25. The molecule has 5 rings (SSSR count). The van der Waals surface area contributed by atoms with Crippen LogP contribution in [0.2, 0.25) is 0 Å². The molecule has 1 aliphatic heterocycles. The number of hydrogen-bond acceptors (Lipinski definition) is 7. The predicted octanol–water partition coefficient (Wildman–Crippen LogP) is 3.68. The lowest BCUT2D eigenvalue weighted by molar-refractivity contribution is -0.116. The highest BCUT2D eigenvalue weighted by Crippen LogP contribution is 2.23. The Morgan fingerprint density at radius 2 is 1.76 bits per heavy atom. The molecule has 0 atom stereocenters. The summed E-state index contributed by atoms with van der Waals surface area (Å²) in [4.78, 5) is 35.9. The largest absolute Gasteiger partial charge is 0.420 e. The molecule has 2 aromatic carbocycles. The van der Waals surface area contributed by atoms with Gasteiger partial charge in [0.05, 0.1) is 5.52 Å². The Hall–Kier alpha value is -4.14. The molecular formula is C24H24N6O3. The molecule has 9 nitrogen and oxygen atoms in total. The molecule has 1 amide bonds. The standard InChI is InChI=1S/C24H24N6O3/c1-16-25-21(14-22(26-16)29-12-4-5-13-29)27-17-8-10-18(11-9-17)28-23(31)15-30-19-6-2-3-7-20(19)33-24(30)32/h2-3,6-11,14H,4-5,12-13,15H2,1H3,(H,28,31)(H,25,26,27). The zero-order valence-electron chi connectivity index (χ0n) is 18.2. The van der Waals surface area contributed by atoms with Gasteiger partial charge < -0.3 is 20.0 Å². The number of fused-ring (bicyclic) bond motifs is 1. The van der Waals surface area contributed by atoms with Crippen molar-refractivity contribution in [3.05, 3.63) is 71.0 Å². The topological polar surface area (TPSA) is 105 Å². The Kier molecular flexibility index (Phi) is 5.52. The summed E-state index contributed by atoms with van der Waals surface area (Å²) in [6.45, 7) is 3.79. The fourth-order valence-electron chi connectivity index (χ4n) is 4.02. The minimum absolute atomic E-state index is 0.130. The smallest absolute Gasteiger partial charge is 0.408 e. The van der Waals surface area contributed by atoms with Crippen LogP contribution in [0.1, 0.15) is 18.7 Å². The van der Waals surface area contributed by atoms with E-state index in [0.29, 0.717) is 22.6 Å². The molecule has 0 radical (unpaired) electrons. The minimum Gasteiger partial charge on any atom is -0.408 e. The number of carbonyl (C=O) groups is 1. The summed E-state index contributed by atoms with van der Waals surface area (Å²) in [5.74, 6) is 1.51. The molecule has 33 heavy (non-hydrogen) atoms. The van der Waals surface area contributed by atoms with E-state index >= 15 is 0 Å². The molecule has 0 bridgehead atoms. The molecule has 0 unspecified atom stereocenters. The molecule has 9 heteroatoms. The SMILES string of the molecule is Cc1nc(Nc2ccc(NC(=O)Cn3c(=O)oc4ccccc43)cc2)cc(N2CCCC2)n1. The summed E-state index contributed by atoms with van der Waals surface area (Å²) < 4.78 is 6.49. The van der Waals surface area contributed by atoms with Crippen LogP contribution < -0.4 is 21.3 Å². The fraction of sp³-hybridized carbons (Fsp3) is 0.250. The van der Waals surface area contributed by atoms with Crippen molar-refractivity contribution in [2.24, 2.45) is 0 Å². The average Bonchev–Trinajstić information content (AvgIpc) is 3.44. The van der Waals surface area contributed by atoms with Gasteiger partial charge in [0.15, 0.2) is 5.58 Å². The summed E-state index contributed by atoms with van der Waals surface area (Å²) in [5.41, 5.74) is 2.52. The monoisotopic (exact) mass is 444 g/mol. The normalized spacial score (nSPS) is 13.4. The second-order valence-corrected chi connectivity index (χ2v) is 8.03. The molecule has 168 valence electrons. The Morgan fingerprint density at radius 1 is 1.03 bits per heavy atom. The molecule has 2 N–H and O–H groups in total. The zero-order valence-corrected chi connectivity index (χ0v) is 18.2. The van der Waals surface area contributed by atoms with Crippen molar-refractivity contribution in [1.29, 1.82) is 0 Å². The molecular weight excluding hydrogens is 420 g/mol. The molecule has 0 aliphatic carbocycles. The molecule has 1 fully saturated rings. The second-order valence-electron chi connectivity index (χ2n) is 8.03. The van der Waals surface area contributed by atoms with Crippen molar-refractivity contribution in [1.82, 2.24) is 14.5 Å². The minimum atomic E-state index is -0.556. The number of anilines is 4. The summed E-state index contributed by atoms with van der Waals surface area (Å²) in [6.07, 6.45) is 2.37. The van der Waals surface area contributed by atoms with E-state index in [2.05, 4.69) is 25.5 Å². The lowest BCUT2D eigenvalue weighted by atomic mass is 10.2. The third-order valence-corrected chi connectivity index (χ3v) is 5.57. The van der Waals surface area contributed by atoms with Crippen molar-refractivity contribution in [3.63, 3.8) is 0 Å². The summed E-state index contributed by atoms with van der Waals surface area (Å²) >= 11 is 0. The Morgan fingerprint density at radius 3 is 2.55 bits per heavy atom. The second kappa shape index (κ2) is 8.78. The van der Waals surface area contributed by atoms with E-state index in [1.165, 1.54) is 17.4 Å². The Bertz CT molecular complexity index is 1350. The number of nitrogens with zero attached hydrogens (tertiary/aromatic N) is 4. The highest BCUT2D eigenvalue weighted by atomic mass is 16.4. The van der Waals surface area contributed by atoms with Gasteiger partial charge >= 0.3 is 5.76 Å². The summed E-state index contributed by atoms with van der Waals surface area (Å²) in [5, 5.41) is 6.12. The third kappa shape index (κ3) is 4.57. The first-order valence-electron chi connectivity index (χ1n) is 10.9. The average molecular weight is 444 g/mol. The van der Waals surface area contributed by atoms with Gasteiger partial charge in [-0.15, -0.1) is 0 Å². The number of amides is 1. The van der Waals surface area contributed by atoms with Gasteiger partial charge in [0.1, 0.15) is 24.0 Å². The van der Waals surface area contributed by atoms with Crippen LogP contribution in [-0.2, 0) is 11.3 Å². The van der Waals surface area contributed by atoms with Crippen LogP contribution in [0.25, 0.3) is 11.1 Å². The highest BCUT2D eigenvalue weighted by Gasteiger charge is 2.15. The van der Waals surface area contributed by atoms with Crippen LogP contribution in [0.5, 0.6) is 0 Å². The summed E-state index contributed by atoms with van der Waals surface area (Å²) in [7, 11) is 0. The van der Waals surface area contributed by atoms with E-state index in [0.717, 1.165) is 30.4 Å². The van der Waals surface area contributed by atoms with E-state index in [4.69, 9.17) is 4.42 Å². The molecule has 1 saturated heterocycles. The first-order chi connectivity index (χ1) is 16.0. The van der Waals surface area contributed by atoms with Crippen molar-refractivity contribution >= 4 is 40.0 Å². The number of oxazole rings is 1. The van der Waals surface area contributed by atoms with Crippen molar-refractivity contribution in [2.45, 2.75) is 26.3 Å². The van der Waals surface area contributed by atoms with E-state index in [9.17, 15) is 9.59 Å². The van der Waals surface area contributed by atoms with Crippen molar-refractivity contribution in [2.75, 3.05) is 28.6 Å². The van der Waals surface area contributed by atoms with E-state index in [-0.39, 0.29) is 12.5 Å². The van der Waals surface area contributed by atoms with Crippen LogP contribution in [0.15, 0.2) is 63.8 Å². The number of hydrogen-bond donors (Lipinski definition) is 2. The van der Waals surface area contributed by atoms with Gasteiger partial charge in [0.2, 0.25) is 5.91 Å². The number of para-hydroxylation sites is 2. The lowest BCUT2D eigenvalue weighted by Crippen LogP contribution is -2.24. The van der Waals surface area contributed by atoms with E-state index in [1.54, 1.807) is 36.4 Å². The highest BCUT2D eigenvalue weighted by molar-refractivity contribution is 5.91. The molecule has 3 heterocycles. The fourth-order valence-corrected chi connectivity index (χ4v) is 4.02. The molecule has 1 aliphatic rings. The zero-order chi connectivity index (χ0) is 22.8. The quantitative estimate of drug-likeness (QED) is 0.467. The van der Waals surface area contributed by atoms with Crippen LogP contribution in [0.4, 0.5) is 23.0 Å². The number of carbonyl (C=O) groups excluding carboxylic acids is 1. The number of aromatic nitrogens is 3. The molecule has 4 aromatic rings. The molecule has 0 spiro atoms. The van der Waals surface area contributed by atoms with Gasteiger partial charge in [-0.1, -0.05) is 12.1 Å². The van der Waals surface area contributed by atoms with Crippen LogP contribution in [-0.4, -0.2) is 33.5 Å². The van der Waals surface area contributed by atoms with E-state index in [1.807, 2.05) is 25.1 Å². The molecule has 0 saturated carbocycles. The van der Waals surface area contributed by atoms with Crippen molar-refractivity contribution in [3.8, 4) is 0 Å². The van der Waals surface area contributed by atoms with Crippen LogP contribution in [0.3, 0.4) is 0 Å². The molecule has 2 aromatic heterocycles. The lowest BCUT2D eigenvalue weighted by Gasteiger charge is -2.18. The van der Waals surface area contributed by atoms with Gasteiger partial charge in [-0.25, -0.2) is 14.8 Å². The van der Waals surface area contributed by atoms with Gasteiger partial charge in [0.25, 0.3) is 0 Å². The maximum atomic E-state index is 12.5. The first-order valence-corrected chi connectivity index (χ1v) is 10.9. The summed E-state index contributed by atoms with van der Waals surface area (Å²) in [6, 6.07) is 16.3. The van der Waals surface area contributed by atoms with E-state index < -0.39 is 5.76 Å². The maximum absolute atomic E-state index is 12.5. The number of benzene rings is 2. The third-order valence-electron chi connectivity index (χ3n) is 5.57. The number of rotatable bonds is 6. The Labute approximate surface area is 190 Å². The van der Waals surface area contributed by atoms with Gasteiger partial charge in [-0.3, -0.25) is 9.36 Å². The van der Waals surface area contributed by atoms with Gasteiger partial charge in [-0.05, 0) is 56.2 Å².